The van der Waals surface area contributed by atoms with Crippen LogP contribution in [0.25, 0.3) is 11.1 Å². The summed E-state index contributed by atoms with van der Waals surface area (Å²) in [6, 6.07) is 16.2. The maximum absolute atomic E-state index is 13.3. The highest BCUT2D eigenvalue weighted by atomic mass is 16.6. The summed E-state index contributed by atoms with van der Waals surface area (Å²) in [5, 5.41) is 0. The van der Waals surface area contributed by atoms with Crippen molar-refractivity contribution in [3.05, 3.63) is 83.9 Å². The van der Waals surface area contributed by atoms with Gasteiger partial charge in [0.05, 0.1) is 31.5 Å². The number of carbonyl (C=O) groups excluding carboxylic acids is 2. The van der Waals surface area contributed by atoms with Gasteiger partial charge >= 0.3 is 6.09 Å². The lowest BCUT2D eigenvalue weighted by Gasteiger charge is -2.47. The summed E-state index contributed by atoms with van der Waals surface area (Å²) < 4.78 is 11.7. The Morgan fingerprint density at radius 1 is 0.941 bits per heavy atom. The predicted octanol–water partition coefficient (Wildman–Crippen LogP) is 4.09. The first kappa shape index (κ1) is 21.0. The van der Waals surface area contributed by atoms with Crippen molar-refractivity contribution in [1.29, 1.82) is 0 Å². The number of piperidine rings is 1. The number of Topliss-reactive ketones (excluding diaryl/α,β-unsaturated/α-hetero) is 1. The molecule has 2 bridgehead atoms. The molecule has 2 aromatic carbocycles. The Labute approximate surface area is 197 Å². The van der Waals surface area contributed by atoms with Crippen molar-refractivity contribution in [2.24, 2.45) is 5.92 Å². The Kier molecular flexibility index (Phi) is 5.34. The van der Waals surface area contributed by atoms with Crippen LogP contribution in [0.2, 0.25) is 0 Å². The van der Waals surface area contributed by atoms with Gasteiger partial charge in [0.2, 0.25) is 0 Å². The minimum absolute atomic E-state index is 0.0165. The maximum Gasteiger partial charge on any atom is 0.410 e. The molecule has 34 heavy (non-hydrogen) atoms. The lowest BCUT2D eigenvalue weighted by molar-refractivity contribution is -0.0748. The zero-order valence-electron chi connectivity index (χ0n) is 18.7. The summed E-state index contributed by atoms with van der Waals surface area (Å²) in [5.41, 5.74) is 5.16. The predicted molar refractivity (Wildman–Crippen MR) is 124 cm³/mol. The van der Waals surface area contributed by atoms with Crippen LogP contribution in [0, 0.1) is 5.92 Å². The molecule has 0 saturated carbocycles. The van der Waals surface area contributed by atoms with E-state index in [0.717, 1.165) is 0 Å². The minimum atomic E-state index is -0.328. The Balaban J connectivity index is 1.17. The van der Waals surface area contributed by atoms with E-state index >= 15 is 0 Å². The summed E-state index contributed by atoms with van der Waals surface area (Å²) in [6.45, 7) is 1.10. The van der Waals surface area contributed by atoms with Gasteiger partial charge in [-0.15, -0.1) is 0 Å². The number of hydrogen-bond donors (Lipinski definition) is 0. The van der Waals surface area contributed by atoms with Crippen LogP contribution in [0.3, 0.4) is 0 Å². The van der Waals surface area contributed by atoms with Crippen LogP contribution in [-0.4, -0.2) is 58.6 Å². The number of hydrogen-bond acceptors (Lipinski definition) is 6. The third kappa shape index (κ3) is 3.56. The highest BCUT2D eigenvalue weighted by molar-refractivity contribution is 5.96. The fourth-order valence-electron chi connectivity index (χ4n) is 5.73. The zero-order valence-corrected chi connectivity index (χ0v) is 18.7. The molecule has 3 heterocycles. The lowest BCUT2D eigenvalue weighted by atomic mass is 9.82. The van der Waals surface area contributed by atoms with Crippen molar-refractivity contribution in [2.75, 3.05) is 19.8 Å². The average Bonchev–Trinajstić information content (AvgIpc) is 3.20. The van der Waals surface area contributed by atoms with Crippen LogP contribution in [0.5, 0.6) is 0 Å². The Morgan fingerprint density at radius 2 is 1.59 bits per heavy atom. The van der Waals surface area contributed by atoms with Gasteiger partial charge in [-0.25, -0.2) is 9.78 Å². The molecular formula is C27H25N3O4. The summed E-state index contributed by atoms with van der Waals surface area (Å²) in [5.74, 6) is -0.200. The molecule has 6 rings (SSSR count). The molecule has 2 aliphatic heterocycles. The Hall–Kier alpha value is -3.58. The molecule has 7 heteroatoms. The van der Waals surface area contributed by atoms with E-state index in [2.05, 4.69) is 34.2 Å². The van der Waals surface area contributed by atoms with Gasteiger partial charge in [0.1, 0.15) is 12.3 Å². The molecule has 1 amide bonds. The number of rotatable bonds is 4. The minimum Gasteiger partial charge on any atom is -0.448 e. The summed E-state index contributed by atoms with van der Waals surface area (Å²) in [6.07, 6.45) is 5.34. The van der Waals surface area contributed by atoms with Crippen molar-refractivity contribution in [2.45, 2.75) is 30.8 Å². The molecule has 172 valence electrons. The van der Waals surface area contributed by atoms with E-state index in [1.807, 2.05) is 24.3 Å². The second-order valence-electron chi connectivity index (χ2n) is 9.18. The molecule has 0 spiro atoms. The first-order valence-electron chi connectivity index (χ1n) is 11.7. The lowest BCUT2D eigenvalue weighted by Crippen LogP contribution is -2.60. The molecule has 2 fully saturated rings. The van der Waals surface area contributed by atoms with Gasteiger partial charge in [0.25, 0.3) is 0 Å². The molecule has 2 saturated heterocycles. The monoisotopic (exact) mass is 455 g/mol. The Morgan fingerprint density at radius 3 is 2.21 bits per heavy atom. The second-order valence-corrected chi connectivity index (χ2v) is 9.18. The van der Waals surface area contributed by atoms with E-state index in [1.54, 1.807) is 11.1 Å². The second kappa shape index (κ2) is 8.65. The van der Waals surface area contributed by atoms with Crippen molar-refractivity contribution in [3.8, 4) is 11.1 Å². The molecule has 7 nitrogen and oxygen atoms in total. The van der Waals surface area contributed by atoms with E-state index in [0.29, 0.717) is 31.7 Å². The molecule has 0 radical (unpaired) electrons. The van der Waals surface area contributed by atoms with Gasteiger partial charge < -0.3 is 9.47 Å². The average molecular weight is 456 g/mol. The van der Waals surface area contributed by atoms with Crippen LogP contribution >= 0.6 is 0 Å². The standard InChI is InChI=1S/C27H25N3O4/c31-26(25-13-28-9-10-29-25)17-11-18-14-33-15-19(12-17)30(18)27(32)34-16-24-22-7-3-1-5-20(22)21-6-2-4-8-23(21)24/h1-10,13,17-19,24H,11-12,14-16H2. The maximum atomic E-state index is 13.3. The third-order valence-electron chi connectivity index (χ3n) is 7.25. The number of fused-ring (bicyclic) bond motifs is 5. The van der Waals surface area contributed by atoms with Crippen molar-refractivity contribution >= 4 is 11.9 Å². The van der Waals surface area contributed by atoms with E-state index in [4.69, 9.17) is 9.47 Å². The number of amides is 1. The number of aromatic nitrogens is 2. The van der Waals surface area contributed by atoms with Gasteiger partial charge in [0.15, 0.2) is 5.78 Å². The van der Waals surface area contributed by atoms with E-state index in [-0.39, 0.29) is 42.4 Å². The molecular weight excluding hydrogens is 430 g/mol. The largest absolute Gasteiger partial charge is 0.448 e. The highest BCUT2D eigenvalue weighted by Gasteiger charge is 2.45. The fourth-order valence-corrected chi connectivity index (χ4v) is 5.73. The fraction of sp³-hybridized carbons (Fsp3) is 0.333. The number of morpholine rings is 1. The molecule has 0 N–H and O–H groups in total. The zero-order chi connectivity index (χ0) is 23.1. The summed E-state index contributed by atoms with van der Waals surface area (Å²) in [7, 11) is 0. The van der Waals surface area contributed by atoms with E-state index in [1.165, 1.54) is 34.6 Å². The van der Waals surface area contributed by atoms with Gasteiger partial charge in [0, 0.05) is 24.2 Å². The number of ketones is 1. The number of benzene rings is 2. The van der Waals surface area contributed by atoms with Crippen LogP contribution in [-0.2, 0) is 9.47 Å². The van der Waals surface area contributed by atoms with Crippen LogP contribution in [0.15, 0.2) is 67.1 Å². The number of carbonyl (C=O) groups is 2. The number of ether oxygens (including phenoxy) is 2. The molecule has 1 aromatic heterocycles. The number of nitrogens with zero attached hydrogens (tertiary/aromatic N) is 3. The van der Waals surface area contributed by atoms with Crippen molar-refractivity contribution in [3.63, 3.8) is 0 Å². The SMILES string of the molecule is O=C(c1cnccn1)C1CC2COCC(C1)N2C(=O)OCC1c2ccccc2-c2ccccc21. The molecule has 2 atom stereocenters. The molecule has 3 aliphatic rings. The quantitative estimate of drug-likeness (QED) is 0.551. The third-order valence-corrected chi connectivity index (χ3v) is 7.25. The molecule has 2 unspecified atom stereocenters. The smallest absolute Gasteiger partial charge is 0.410 e. The van der Waals surface area contributed by atoms with Gasteiger partial charge in [-0.1, -0.05) is 48.5 Å². The topological polar surface area (TPSA) is 81.6 Å². The first-order valence-corrected chi connectivity index (χ1v) is 11.7. The van der Waals surface area contributed by atoms with E-state index in [9.17, 15) is 9.59 Å². The van der Waals surface area contributed by atoms with Gasteiger partial charge in [-0.2, -0.15) is 0 Å². The molecule has 3 aromatic rings. The summed E-state index contributed by atoms with van der Waals surface area (Å²) in [4.78, 5) is 36.2. The van der Waals surface area contributed by atoms with E-state index < -0.39 is 0 Å². The normalized spacial score (nSPS) is 23.2. The van der Waals surface area contributed by atoms with Gasteiger partial charge in [-0.3, -0.25) is 14.7 Å². The highest BCUT2D eigenvalue weighted by Crippen LogP contribution is 2.44. The van der Waals surface area contributed by atoms with Gasteiger partial charge in [-0.05, 0) is 35.1 Å². The van der Waals surface area contributed by atoms with Crippen LogP contribution in [0.4, 0.5) is 4.79 Å². The van der Waals surface area contributed by atoms with Crippen LogP contribution < -0.4 is 0 Å². The van der Waals surface area contributed by atoms with Crippen molar-refractivity contribution < 1.29 is 19.1 Å². The summed E-state index contributed by atoms with van der Waals surface area (Å²) >= 11 is 0. The van der Waals surface area contributed by atoms with Crippen LogP contribution in [0.1, 0.15) is 40.4 Å². The van der Waals surface area contributed by atoms with Crippen molar-refractivity contribution in [1.82, 2.24) is 14.9 Å². The first-order chi connectivity index (χ1) is 16.7. The Bertz CT molecular complexity index is 1170. The molecule has 1 aliphatic carbocycles.